The maximum atomic E-state index is 11.2. The third-order valence-corrected chi connectivity index (χ3v) is 2.85. The molecule has 0 aromatic rings. The van der Waals surface area contributed by atoms with Gasteiger partial charge in [0.05, 0.1) is 0 Å². The monoisotopic (exact) mass is 247 g/mol. The summed E-state index contributed by atoms with van der Waals surface area (Å²) in [6.45, 7) is 3.52. The van der Waals surface area contributed by atoms with Gasteiger partial charge in [-0.3, -0.25) is 9.59 Å². The lowest BCUT2D eigenvalue weighted by molar-refractivity contribution is -0.141. The number of carboxylic acids is 1. The van der Waals surface area contributed by atoms with Crippen LogP contribution in [-0.4, -0.2) is 33.9 Å². The van der Waals surface area contributed by atoms with Crippen molar-refractivity contribution < 1.29 is 19.5 Å². The van der Waals surface area contributed by atoms with Gasteiger partial charge in [-0.25, -0.2) is 4.79 Å². The van der Waals surface area contributed by atoms with Crippen LogP contribution in [0.3, 0.4) is 0 Å². The van der Waals surface area contributed by atoms with E-state index >= 15 is 0 Å². The Morgan fingerprint density at radius 3 is 2.38 bits per heavy atom. The van der Waals surface area contributed by atoms with Gasteiger partial charge in [0.25, 0.3) is 0 Å². The number of carboxylic acid groups (broad SMARTS) is 1. The Balaban J connectivity index is 4.09. The first-order valence-electron chi connectivity index (χ1n) is 5.19. The first kappa shape index (κ1) is 15.0. The molecule has 0 saturated carbocycles. The maximum Gasteiger partial charge on any atom is 0.327 e. The highest BCUT2D eigenvalue weighted by molar-refractivity contribution is 8.13. The van der Waals surface area contributed by atoms with Crippen molar-refractivity contribution in [2.45, 2.75) is 39.2 Å². The van der Waals surface area contributed by atoms with Gasteiger partial charge in [0.15, 0.2) is 5.12 Å². The van der Waals surface area contributed by atoms with Crippen molar-refractivity contribution in [3.63, 3.8) is 0 Å². The molecule has 6 heteroatoms. The van der Waals surface area contributed by atoms with E-state index in [1.165, 1.54) is 0 Å². The minimum absolute atomic E-state index is 0.0421. The predicted octanol–water partition coefficient (Wildman–Crippen LogP) is 1.03. The standard InChI is InChI=1S/C10H17NO4S/c1-3-5-9(13)16-6-7(10(14)15)11-8(12)4-2/h7H,3-6H2,1-2H3,(H,11,12)(H,14,15). The lowest BCUT2D eigenvalue weighted by Gasteiger charge is -2.12. The zero-order valence-corrected chi connectivity index (χ0v) is 10.3. The summed E-state index contributed by atoms with van der Waals surface area (Å²) in [6, 6.07) is -0.988. The number of carbonyl (C=O) groups excluding carboxylic acids is 2. The van der Waals surface area contributed by atoms with E-state index in [9.17, 15) is 14.4 Å². The van der Waals surface area contributed by atoms with Crippen molar-refractivity contribution in [1.82, 2.24) is 5.32 Å². The molecule has 0 radical (unpaired) electrons. The van der Waals surface area contributed by atoms with E-state index in [0.717, 1.165) is 18.2 Å². The van der Waals surface area contributed by atoms with Crippen LogP contribution < -0.4 is 5.32 Å². The first-order chi connectivity index (χ1) is 7.51. The van der Waals surface area contributed by atoms with E-state index in [-0.39, 0.29) is 23.2 Å². The number of thioether (sulfide) groups is 1. The molecule has 92 valence electrons. The molecule has 0 heterocycles. The Morgan fingerprint density at radius 2 is 1.94 bits per heavy atom. The molecule has 16 heavy (non-hydrogen) atoms. The average molecular weight is 247 g/mol. The molecule has 2 N–H and O–H groups in total. The van der Waals surface area contributed by atoms with Gasteiger partial charge in [0.1, 0.15) is 6.04 Å². The van der Waals surface area contributed by atoms with Crippen molar-refractivity contribution in [2.24, 2.45) is 0 Å². The molecular formula is C10H17NO4S. The molecule has 0 saturated heterocycles. The molecule has 0 spiro atoms. The molecular weight excluding hydrogens is 230 g/mol. The van der Waals surface area contributed by atoms with Crippen LogP contribution in [0, 0.1) is 0 Å². The molecule has 0 aromatic carbocycles. The highest BCUT2D eigenvalue weighted by Gasteiger charge is 2.20. The van der Waals surface area contributed by atoms with E-state index < -0.39 is 12.0 Å². The van der Waals surface area contributed by atoms with Crippen LogP contribution in [0.4, 0.5) is 0 Å². The summed E-state index contributed by atoms with van der Waals surface area (Å²) in [5, 5.41) is 11.1. The zero-order valence-electron chi connectivity index (χ0n) is 9.49. The second-order valence-corrected chi connectivity index (χ2v) is 4.32. The topological polar surface area (TPSA) is 83.5 Å². The van der Waals surface area contributed by atoms with Crippen LogP contribution in [0.2, 0.25) is 0 Å². The maximum absolute atomic E-state index is 11.2. The summed E-state index contributed by atoms with van der Waals surface area (Å²) in [4.78, 5) is 33.0. The Hall–Kier alpha value is -1.04. The third kappa shape index (κ3) is 6.44. The van der Waals surface area contributed by atoms with Gasteiger partial charge in [0, 0.05) is 18.6 Å². The molecule has 0 aromatic heterocycles. The average Bonchev–Trinajstić information content (AvgIpc) is 2.23. The van der Waals surface area contributed by atoms with Gasteiger partial charge in [-0.1, -0.05) is 25.6 Å². The Bertz CT molecular complexity index is 268. The number of amides is 1. The largest absolute Gasteiger partial charge is 0.480 e. The lowest BCUT2D eigenvalue weighted by Crippen LogP contribution is -2.42. The lowest BCUT2D eigenvalue weighted by atomic mass is 10.3. The normalized spacial score (nSPS) is 11.9. The zero-order chi connectivity index (χ0) is 12.6. The molecule has 1 amide bonds. The second-order valence-electron chi connectivity index (χ2n) is 3.24. The summed E-state index contributed by atoms with van der Waals surface area (Å²) in [5.74, 6) is -1.35. The molecule has 0 aliphatic heterocycles. The number of hydrogen-bond acceptors (Lipinski definition) is 4. The van der Waals surface area contributed by atoms with Crippen LogP contribution in [0.25, 0.3) is 0 Å². The number of carbonyl (C=O) groups is 3. The van der Waals surface area contributed by atoms with Crippen LogP contribution in [-0.2, 0) is 14.4 Å². The van der Waals surface area contributed by atoms with Gasteiger partial charge >= 0.3 is 5.97 Å². The predicted molar refractivity (Wildman–Crippen MR) is 62.2 cm³/mol. The number of rotatable bonds is 7. The van der Waals surface area contributed by atoms with Crippen LogP contribution >= 0.6 is 11.8 Å². The molecule has 1 atom stereocenters. The minimum Gasteiger partial charge on any atom is -0.480 e. The van der Waals surface area contributed by atoms with Crippen molar-refractivity contribution >= 4 is 28.8 Å². The van der Waals surface area contributed by atoms with Crippen LogP contribution in [0.5, 0.6) is 0 Å². The number of hydrogen-bond donors (Lipinski definition) is 2. The Kier molecular flexibility index (Phi) is 7.62. The fourth-order valence-corrected chi connectivity index (χ4v) is 1.85. The van der Waals surface area contributed by atoms with Gasteiger partial charge in [0.2, 0.25) is 5.91 Å². The van der Waals surface area contributed by atoms with E-state index in [4.69, 9.17) is 5.11 Å². The van der Waals surface area contributed by atoms with Crippen molar-refractivity contribution in [3.05, 3.63) is 0 Å². The Morgan fingerprint density at radius 1 is 1.31 bits per heavy atom. The minimum atomic E-state index is -1.11. The smallest absolute Gasteiger partial charge is 0.327 e. The SMILES string of the molecule is CCCC(=O)SCC(NC(=O)CC)C(=O)O. The summed E-state index contributed by atoms with van der Waals surface area (Å²) in [7, 11) is 0. The molecule has 0 aliphatic carbocycles. The van der Waals surface area contributed by atoms with Crippen molar-refractivity contribution in [2.75, 3.05) is 5.75 Å². The number of aliphatic carboxylic acids is 1. The first-order valence-corrected chi connectivity index (χ1v) is 6.17. The summed E-state index contributed by atoms with van der Waals surface area (Å²) in [6.07, 6.45) is 1.40. The second kappa shape index (κ2) is 8.15. The third-order valence-electron chi connectivity index (χ3n) is 1.82. The summed E-state index contributed by atoms with van der Waals surface area (Å²) < 4.78 is 0. The van der Waals surface area contributed by atoms with Crippen molar-refractivity contribution in [3.8, 4) is 0 Å². The Labute approximate surface area is 99.0 Å². The van der Waals surface area contributed by atoms with Gasteiger partial charge < -0.3 is 10.4 Å². The summed E-state index contributed by atoms with van der Waals surface area (Å²) in [5.41, 5.74) is 0. The quantitative estimate of drug-likeness (QED) is 0.702. The molecule has 0 fully saturated rings. The van der Waals surface area contributed by atoms with E-state index in [1.807, 2.05) is 6.92 Å². The van der Waals surface area contributed by atoms with E-state index in [0.29, 0.717) is 6.42 Å². The molecule has 1 unspecified atom stereocenters. The van der Waals surface area contributed by atoms with E-state index in [1.54, 1.807) is 6.92 Å². The highest BCUT2D eigenvalue weighted by atomic mass is 32.2. The highest BCUT2D eigenvalue weighted by Crippen LogP contribution is 2.09. The molecule has 5 nitrogen and oxygen atoms in total. The van der Waals surface area contributed by atoms with Crippen LogP contribution in [0.15, 0.2) is 0 Å². The van der Waals surface area contributed by atoms with Gasteiger partial charge in [-0.15, -0.1) is 0 Å². The fourth-order valence-electron chi connectivity index (χ4n) is 0.924. The van der Waals surface area contributed by atoms with Gasteiger partial charge in [-0.2, -0.15) is 0 Å². The number of nitrogens with one attached hydrogen (secondary N) is 1. The molecule has 0 aliphatic rings. The molecule has 0 bridgehead atoms. The fraction of sp³-hybridized carbons (Fsp3) is 0.700. The van der Waals surface area contributed by atoms with Gasteiger partial charge in [-0.05, 0) is 6.42 Å². The van der Waals surface area contributed by atoms with Crippen LogP contribution in [0.1, 0.15) is 33.1 Å². The van der Waals surface area contributed by atoms with Crippen molar-refractivity contribution in [1.29, 1.82) is 0 Å². The summed E-state index contributed by atoms with van der Waals surface area (Å²) >= 11 is 0.955. The molecule has 0 rings (SSSR count). The van der Waals surface area contributed by atoms with E-state index in [2.05, 4.69) is 5.32 Å².